The molecule has 1 fully saturated rings. The molecule has 0 unspecified atom stereocenters. The summed E-state index contributed by atoms with van der Waals surface area (Å²) >= 11 is 13.7. The molecule has 35 heavy (non-hydrogen) atoms. The highest BCUT2D eigenvalue weighted by atomic mass is 35.5. The topological polar surface area (TPSA) is 73.2 Å². The Bertz CT molecular complexity index is 1380. The average Bonchev–Trinajstić information content (AvgIpc) is 3.16. The lowest BCUT2D eigenvalue weighted by molar-refractivity contribution is -0.117. The predicted molar refractivity (Wildman–Crippen MR) is 143 cm³/mol. The zero-order valence-electron chi connectivity index (χ0n) is 19.0. The van der Waals surface area contributed by atoms with Gasteiger partial charge in [-0.15, -0.1) is 0 Å². The molecule has 1 heterocycles. The van der Waals surface area contributed by atoms with Crippen molar-refractivity contribution in [2.24, 2.45) is 0 Å². The second-order valence-electron chi connectivity index (χ2n) is 8.03. The quantitative estimate of drug-likeness (QED) is 0.300. The van der Waals surface area contributed by atoms with E-state index in [1.807, 2.05) is 44.2 Å². The number of thioether (sulfide) groups is 1. The van der Waals surface area contributed by atoms with Gasteiger partial charge in [0.2, 0.25) is 5.91 Å². The maximum Gasteiger partial charge on any atom is 0.269 e. The molecule has 0 radical (unpaired) electrons. The van der Waals surface area contributed by atoms with E-state index in [9.17, 15) is 14.9 Å². The highest BCUT2D eigenvalue weighted by Crippen LogP contribution is 2.43. The fourth-order valence-electron chi connectivity index (χ4n) is 3.78. The van der Waals surface area contributed by atoms with Crippen molar-refractivity contribution in [2.75, 3.05) is 10.2 Å². The van der Waals surface area contributed by atoms with E-state index in [0.717, 1.165) is 16.7 Å². The van der Waals surface area contributed by atoms with Crippen LogP contribution < -0.4 is 10.2 Å². The summed E-state index contributed by atoms with van der Waals surface area (Å²) in [6.45, 7) is 3.85. The van der Waals surface area contributed by atoms with Gasteiger partial charge in [0, 0.05) is 11.4 Å². The molecule has 3 aromatic carbocycles. The summed E-state index contributed by atoms with van der Waals surface area (Å²) in [4.78, 5) is 28.3. The number of benzene rings is 3. The van der Waals surface area contributed by atoms with Crippen molar-refractivity contribution in [3.63, 3.8) is 0 Å². The molecule has 1 atom stereocenters. The molecular formula is C27H21Cl2N3O2S. The molecular weight excluding hydrogens is 501 g/mol. The number of nitrogens with zero attached hydrogens (tertiary/aromatic N) is 2. The number of rotatable bonds is 5. The van der Waals surface area contributed by atoms with Crippen LogP contribution in [0.5, 0.6) is 0 Å². The van der Waals surface area contributed by atoms with Gasteiger partial charge in [-0.05, 0) is 61.2 Å². The molecule has 1 aliphatic rings. The Morgan fingerprint density at radius 2 is 1.77 bits per heavy atom. The largest absolute Gasteiger partial charge is 0.321 e. The van der Waals surface area contributed by atoms with Gasteiger partial charge in [-0.2, -0.15) is 5.26 Å². The van der Waals surface area contributed by atoms with E-state index in [2.05, 4.69) is 5.32 Å². The second kappa shape index (κ2) is 10.6. The first-order valence-electron chi connectivity index (χ1n) is 10.8. The molecule has 1 N–H and O–H groups in total. The van der Waals surface area contributed by atoms with Crippen LogP contribution in [-0.2, 0) is 16.0 Å². The van der Waals surface area contributed by atoms with Crippen molar-refractivity contribution in [3.8, 4) is 6.07 Å². The number of aryl methyl sites for hydroxylation is 1. The molecule has 0 spiro atoms. The van der Waals surface area contributed by atoms with Gasteiger partial charge in [-0.3, -0.25) is 14.5 Å². The first-order valence-corrected chi connectivity index (χ1v) is 12.5. The van der Waals surface area contributed by atoms with E-state index >= 15 is 0 Å². The Morgan fingerprint density at radius 1 is 1.06 bits per heavy atom. The van der Waals surface area contributed by atoms with Crippen LogP contribution >= 0.6 is 35.0 Å². The van der Waals surface area contributed by atoms with Gasteiger partial charge in [0.05, 0.1) is 15.3 Å². The number of halogens is 2. The maximum absolute atomic E-state index is 13.6. The number of carbonyl (C=O) groups excluding carboxylic acids is 2. The van der Waals surface area contributed by atoms with Gasteiger partial charge in [-0.1, -0.05) is 77.4 Å². The van der Waals surface area contributed by atoms with Crippen molar-refractivity contribution in [3.05, 3.63) is 104 Å². The first-order chi connectivity index (χ1) is 16.8. The Labute approximate surface area is 218 Å². The van der Waals surface area contributed by atoms with Crippen LogP contribution in [-0.4, -0.2) is 17.1 Å². The summed E-state index contributed by atoms with van der Waals surface area (Å²) < 4.78 is 0. The lowest BCUT2D eigenvalue weighted by Crippen LogP contribution is -2.31. The molecule has 8 heteroatoms. The lowest BCUT2D eigenvalue weighted by atomic mass is 10.1. The number of nitriles is 1. The monoisotopic (exact) mass is 521 g/mol. The average molecular weight is 522 g/mol. The normalized spacial score (nSPS) is 16.7. The first kappa shape index (κ1) is 24.9. The molecule has 0 aromatic heterocycles. The lowest BCUT2D eigenvalue weighted by Gasteiger charge is -2.19. The Morgan fingerprint density at radius 3 is 2.49 bits per heavy atom. The number of hydrogen-bond acceptors (Lipinski definition) is 4. The van der Waals surface area contributed by atoms with Crippen LogP contribution in [0.15, 0.2) is 77.3 Å². The summed E-state index contributed by atoms with van der Waals surface area (Å²) in [5.41, 5.74) is 3.71. The number of nitrogens with one attached hydrogen (secondary N) is 1. The minimum absolute atomic E-state index is 0.132. The van der Waals surface area contributed by atoms with Crippen LogP contribution in [0.25, 0.3) is 0 Å². The molecule has 3 aromatic rings. The Balaban J connectivity index is 1.74. The van der Waals surface area contributed by atoms with Crippen LogP contribution in [0.3, 0.4) is 0 Å². The molecule has 2 amide bonds. The van der Waals surface area contributed by atoms with Crippen LogP contribution in [0.1, 0.15) is 16.7 Å². The summed E-state index contributed by atoms with van der Waals surface area (Å²) in [5.74, 6) is -0.807. The minimum Gasteiger partial charge on any atom is -0.321 e. The number of amides is 2. The van der Waals surface area contributed by atoms with E-state index in [0.29, 0.717) is 27.8 Å². The number of para-hydroxylation sites is 1. The third-order valence-electron chi connectivity index (χ3n) is 5.81. The predicted octanol–water partition coefficient (Wildman–Crippen LogP) is 6.68. The maximum atomic E-state index is 13.6. The fraction of sp³-hybridized carbons (Fsp3) is 0.148. The van der Waals surface area contributed by atoms with Gasteiger partial charge in [0.25, 0.3) is 5.91 Å². The number of anilines is 2. The summed E-state index contributed by atoms with van der Waals surface area (Å²) in [7, 11) is 0. The van der Waals surface area contributed by atoms with E-state index in [-0.39, 0.29) is 16.5 Å². The molecule has 1 saturated heterocycles. The Kier molecular flexibility index (Phi) is 7.51. The van der Waals surface area contributed by atoms with E-state index < -0.39 is 11.2 Å². The highest BCUT2D eigenvalue weighted by Gasteiger charge is 2.41. The van der Waals surface area contributed by atoms with Crippen LogP contribution in [0, 0.1) is 25.2 Å². The number of carbonyl (C=O) groups is 2. The summed E-state index contributed by atoms with van der Waals surface area (Å²) in [6, 6.07) is 21.8. The SMILES string of the molecule is Cc1cccc(NC(=O)/C(C#N)=C2\S[C@H](Cc3cccc(Cl)c3Cl)C(=O)N2c2ccccc2)c1C. The van der Waals surface area contributed by atoms with Crippen molar-refractivity contribution in [1.82, 2.24) is 0 Å². The molecule has 0 saturated carbocycles. The molecule has 5 nitrogen and oxygen atoms in total. The van der Waals surface area contributed by atoms with Gasteiger partial charge in [-0.25, -0.2) is 0 Å². The van der Waals surface area contributed by atoms with E-state index in [4.69, 9.17) is 23.2 Å². The van der Waals surface area contributed by atoms with E-state index in [1.165, 1.54) is 16.7 Å². The third-order valence-corrected chi connectivity index (χ3v) is 7.93. The molecule has 4 rings (SSSR count). The summed E-state index contributed by atoms with van der Waals surface area (Å²) in [5, 5.41) is 13.3. The smallest absolute Gasteiger partial charge is 0.269 e. The molecule has 176 valence electrons. The van der Waals surface area contributed by atoms with Gasteiger partial charge in [0.1, 0.15) is 16.7 Å². The zero-order chi connectivity index (χ0) is 25.1. The standard InChI is InChI=1S/C27H21Cl2N3O2S/c1-16-8-6-13-22(17(16)2)31-25(33)20(15-30)27-32(19-10-4-3-5-11-19)26(34)23(35-27)14-18-9-7-12-21(28)24(18)29/h3-13,23H,14H2,1-2H3,(H,31,33)/b27-20-/t23-/m1/s1. The van der Waals surface area contributed by atoms with Gasteiger partial charge in [0.15, 0.2) is 0 Å². The minimum atomic E-state index is -0.585. The second-order valence-corrected chi connectivity index (χ2v) is 10.0. The van der Waals surface area contributed by atoms with Gasteiger partial charge >= 0.3 is 0 Å². The Hall–Kier alpha value is -3.24. The summed E-state index contributed by atoms with van der Waals surface area (Å²) in [6.07, 6.45) is 0.299. The highest BCUT2D eigenvalue weighted by molar-refractivity contribution is 8.05. The van der Waals surface area contributed by atoms with Crippen molar-refractivity contribution < 1.29 is 9.59 Å². The van der Waals surface area contributed by atoms with Gasteiger partial charge < -0.3 is 5.32 Å². The van der Waals surface area contributed by atoms with Crippen molar-refractivity contribution in [2.45, 2.75) is 25.5 Å². The fourth-order valence-corrected chi connectivity index (χ4v) is 5.47. The number of hydrogen-bond donors (Lipinski definition) is 1. The molecule has 0 aliphatic carbocycles. The van der Waals surface area contributed by atoms with Crippen LogP contribution in [0.4, 0.5) is 11.4 Å². The molecule has 1 aliphatic heterocycles. The molecule has 0 bridgehead atoms. The van der Waals surface area contributed by atoms with E-state index in [1.54, 1.807) is 42.5 Å². The van der Waals surface area contributed by atoms with Crippen molar-refractivity contribution >= 4 is 58.2 Å². The zero-order valence-corrected chi connectivity index (χ0v) is 21.3. The van der Waals surface area contributed by atoms with Crippen molar-refractivity contribution in [1.29, 1.82) is 5.26 Å². The van der Waals surface area contributed by atoms with Crippen LogP contribution in [0.2, 0.25) is 10.0 Å². The third kappa shape index (κ3) is 5.08.